The minimum Gasteiger partial charge on any atom is -0.344 e. The highest BCUT2D eigenvalue weighted by molar-refractivity contribution is 5.92. The molecule has 96 valence electrons. The molecule has 2 rings (SSSR count). The normalized spacial score (nSPS) is 12.4. The van der Waals surface area contributed by atoms with E-state index in [1.165, 1.54) is 0 Å². The lowest BCUT2D eigenvalue weighted by atomic mass is 10.1. The molecule has 2 aromatic heterocycles. The summed E-state index contributed by atoms with van der Waals surface area (Å²) in [5.41, 5.74) is 2.62. The van der Waals surface area contributed by atoms with Crippen molar-refractivity contribution in [2.24, 2.45) is 14.1 Å². The Kier molecular flexibility index (Phi) is 3.18. The number of aromatic nitrogens is 4. The van der Waals surface area contributed by atoms with E-state index in [0.717, 1.165) is 11.3 Å². The first-order chi connectivity index (χ1) is 8.50. The van der Waals surface area contributed by atoms with Crippen molar-refractivity contribution in [2.45, 2.75) is 19.9 Å². The van der Waals surface area contributed by atoms with Crippen molar-refractivity contribution < 1.29 is 4.79 Å². The molecule has 0 aromatic carbocycles. The Morgan fingerprint density at radius 3 is 2.61 bits per heavy atom. The van der Waals surface area contributed by atoms with Gasteiger partial charge in [-0.2, -0.15) is 5.10 Å². The summed E-state index contributed by atoms with van der Waals surface area (Å²) in [4.78, 5) is 16.0. The molecule has 0 saturated carbocycles. The van der Waals surface area contributed by atoms with Gasteiger partial charge in [0.2, 0.25) is 0 Å². The summed E-state index contributed by atoms with van der Waals surface area (Å²) in [5.74, 6) is -0.134. The maximum Gasteiger partial charge on any atom is 0.270 e. The van der Waals surface area contributed by atoms with Crippen LogP contribution in [-0.2, 0) is 14.1 Å². The standard InChI is InChI=1S/C12H17N5O/c1-8(10-5-14-17(4)9(10)2)15-12(18)11-6-13-7-16(11)3/h5-8H,1-4H3,(H,15,18). The van der Waals surface area contributed by atoms with E-state index >= 15 is 0 Å². The molecular weight excluding hydrogens is 230 g/mol. The highest BCUT2D eigenvalue weighted by atomic mass is 16.2. The zero-order valence-electron chi connectivity index (χ0n) is 11.0. The van der Waals surface area contributed by atoms with E-state index < -0.39 is 0 Å². The molecular formula is C12H17N5O. The number of imidazole rings is 1. The summed E-state index contributed by atoms with van der Waals surface area (Å²) in [6.45, 7) is 3.92. The maximum absolute atomic E-state index is 12.0. The molecule has 6 heteroatoms. The van der Waals surface area contributed by atoms with E-state index in [1.807, 2.05) is 20.9 Å². The van der Waals surface area contributed by atoms with Crippen LogP contribution in [0.2, 0.25) is 0 Å². The van der Waals surface area contributed by atoms with Crippen LogP contribution in [0.15, 0.2) is 18.7 Å². The van der Waals surface area contributed by atoms with Crippen molar-refractivity contribution in [3.05, 3.63) is 35.7 Å². The number of hydrogen-bond donors (Lipinski definition) is 1. The third kappa shape index (κ3) is 2.13. The number of nitrogens with zero attached hydrogens (tertiary/aromatic N) is 4. The van der Waals surface area contributed by atoms with E-state index in [4.69, 9.17) is 0 Å². The first-order valence-corrected chi connectivity index (χ1v) is 5.76. The zero-order valence-corrected chi connectivity index (χ0v) is 11.0. The molecule has 0 radical (unpaired) electrons. The molecule has 0 spiro atoms. The van der Waals surface area contributed by atoms with Crippen LogP contribution in [0.25, 0.3) is 0 Å². The average Bonchev–Trinajstić information content (AvgIpc) is 2.87. The van der Waals surface area contributed by atoms with Crippen LogP contribution in [0, 0.1) is 6.92 Å². The van der Waals surface area contributed by atoms with Gasteiger partial charge >= 0.3 is 0 Å². The SMILES string of the molecule is Cc1c(C(C)NC(=O)c2cncn2C)cnn1C. The van der Waals surface area contributed by atoms with Crippen LogP contribution in [0.3, 0.4) is 0 Å². The van der Waals surface area contributed by atoms with Gasteiger partial charge in [0.15, 0.2) is 0 Å². The average molecular weight is 247 g/mol. The second-order valence-electron chi connectivity index (χ2n) is 4.39. The minimum absolute atomic E-state index is 0.0823. The van der Waals surface area contributed by atoms with Crippen molar-refractivity contribution in [3.63, 3.8) is 0 Å². The van der Waals surface area contributed by atoms with E-state index in [1.54, 1.807) is 35.0 Å². The third-order valence-corrected chi connectivity index (χ3v) is 3.14. The molecule has 0 saturated heterocycles. The van der Waals surface area contributed by atoms with Gasteiger partial charge in [-0.3, -0.25) is 9.48 Å². The van der Waals surface area contributed by atoms with E-state index in [0.29, 0.717) is 5.69 Å². The van der Waals surface area contributed by atoms with Crippen molar-refractivity contribution in [1.82, 2.24) is 24.6 Å². The van der Waals surface area contributed by atoms with Crippen molar-refractivity contribution in [2.75, 3.05) is 0 Å². The van der Waals surface area contributed by atoms with Gasteiger partial charge in [-0.05, 0) is 13.8 Å². The lowest BCUT2D eigenvalue weighted by Gasteiger charge is -2.13. The van der Waals surface area contributed by atoms with Crippen LogP contribution in [0.5, 0.6) is 0 Å². The molecule has 1 unspecified atom stereocenters. The van der Waals surface area contributed by atoms with Gasteiger partial charge in [0.1, 0.15) is 5.69 Å². The molecule has 0 bridgehead atoms. The molecule has 1 amide bonds. The van der Waals surface area contributed by atoms with Gasteiger partial charge in [0.25, 0.3) is 5.91 Å². The number of amides is 1. The first kappa shape index (κ1) is 12.3. The Labute approximate surface area is 106 Å². The van der Waals surface area contributed by atoms with Crippen LogP contribution in [0.4, 0.5) is 0 Å². The van der Waals surface area contributed by atoms with Crippen molar-refractivity contribution in [1.29, 1.82) is 0 Å². The molecule has 0 aliphatic rings. The molecule has 2 heterocycles. The Bertz CT molecular complexity index is 569. The molecule has 1 atom stereocenters. The van der Waals surface area contributed by atoms with E-state index in [9.17, 15) is 4.79 Å². The van der Waals surface area contributed by atoms with Crippen molar-refractivity contribution in [3.8, 4) is 0 Å². The Morgan fingerprint density at radius 1 is 1.39 bits per heavy atom. The molecule has 6 nitrogen and oxygen atoms in total. The summed E-state index contributed by atoms with van der Waals surface area (Å²) in [6, 6.07) is -0.0823. The smallest absolute Gasteiger partial charge is 0.270 e. The number of hydrogen-bond acceptors (Lipinski definition) is 3. The summed E-state index contributed by atoms with van der Waals surface area (Å²) in [6.07, 6.45) is 4.94. The van der Waals surface area contributed by atoms with Gasteiger partial charge < -0.3 is 9.88 Å². The van der Waals surface area contributed by atoms with Crippen LogP contribution < -0.4 is 5.32 Å². The highest BCUT2D eigenvalue weighted by Gasteiger charge is 2.17. The number of aryl methyl sites for hydroxylation is 2. The predicted molar refractivity (Wildman–Crippen MR) is 67.0 cm³/mol. The van der Waals surface area contributed by atoms with E-state index in [-0.39, 0.29) is 11.9 Å². The number of rotatable bonds is 3. The Hall–Kier alpha value is -2.11. The lowest BCUT2D eigenvalue weighted by molar-refractivity contribution is 0.0931. The third-order valence-electron chi connectivity index (χ3n) is 3.14. The fraction of sp³-hybridized carbons (Fsp3) is 0.417. The van der Waals surface area contributed by atoms with Gasteiger partial charge in [-0.15, -0.1) is 0 Å². The fourth-order valence-corrected chi connectivity index (χ4v) is 1.87. The molecule has 0 aliphatic carbocycles. The molecule has 2 aromatic rings. The van der Waals surface area contributed by atoms with Crippen LogP contribution in [0.1, 0.15) is 34.7 Å². The second kappa shape index (κ2) is 4.64. The van der Waals surface area contributed by atoms with Crippen LogP contribution >= 0.6 is 0 Å². The Balaban J connectivity index is 2.13. The number of nitrogens with one attached hydrogen (secondary N) is 1. The van der Waals surface area contributed by atoms with Crippen LogP contribution in [-0.4, -0.2) is 25.2 Å². The van der Waals surface area contributed by atoms with Gasteiger partial charge in [-0.25, -0.2) is 4.98 Å². The van der Waals surface area contributed by atoms with Gasteiger partial charge in [0, 0.05) is 25.4 Å². The fourth-order valence-electron chi connectivity index (χ4n) is 1.87. The molecule has 1 N–H and O–H groups in total. The summed E-state index contributed by atoms with van der Waals surface area (Å²) in [7, 11) is 3.68. The molecule has 0 fully saturated rings. The minimum atomic E-state index is -0.134. The van der Waals surface area contributed by atoms with Crippen molar-refractivity contribution >= 4 is 5.91 Å². The van der Waals surface area contributed by atoms with E-state index in [2.05, 4.69) is 15.4 Å². The number of carbonyl (C=O) groups is 1. The predicted octanol–water partition coefficient (Wildman–Crippen LogP) is 0.953. The quantitative estimate of drug-likeness (QED) is 0.878. The largest absolute Gasteiger partial charge is 0.344 e. The van der Waals surface area contributed by atoms with Gasteiger partial charge in [0.05, 0.1) is 24.8 Å². The molecule has 0 aliphatic heterocycles. The molecule has 18 heavy (non-hydrogen) atoms. The lowest BCUT2D eigenvalue weighted by Crippen LogP contribution is -2.28. The van der Waals surface area contributed by atoms with Gasteiger partial charge in [-0.1, -0.05) is 0 Å². The summed E-state index contributed by atoms with van der Waals surface area (Å²) < 4.78 is 3.49. The number of carbonyl (C=O) groups excluding carboxylic acids is 1. The highest BCUT2D eigenvalue weighted by Crippen LogP contribution is 2.16. The summed E-state index contributed by atoms with van der Waals surface area (Å²) in [5, 5.41) is 7.11. The first-order valence-electron chi connectivity index (χ1n) is 5.76. The summed E-state index contributed by atoms with van der Waals surface area (Å²) >= 11 is 0. The topological polar surface area (TPSA) is 64.7 Å². The second-order valence-corrected chi connectivity index (χ2v) is 4.39. The zero-order chi connectivity index (χ0) is 13.3. The monoisotopic (exact) mass is 247 g/mol. The maximum atomic E-state index is 12.0. The Morgan fingerprint density at radius 2 is 2.11 bits per heavy atom.